The highest BCUT2D eigenvalue weighted by Gasteiger charge is 2.21. The van der Waals surface area contributed by atoms with Gasteiger partial charge in [0.05, 0.1) is 10.2 Å². The van der Waals surface area contributed by atoms with E-state index in [4.69, 9.17) is 0 Å². The van der Waals surface area contributed by atoms with Crippen molar-refractivity contribution in [1.29, 1.82) is 0 Å². The summed E-state index contributed by atoms with van der Waals surface area (Å²) in [6, 6.07) is 4.03. The molecule has 1 saturated heterocycles. The van der Waals surface area contributed by atoms with E-state index >= 15 is 0 Å². The Morgan fingerprint density at radius 1 is 1.62 bits per heavy atom. The van der Waals surface area contributed by atoms with Gasteiger partial charge in [0.15, 0.2) is 0 Å². The summed E-state index contributed by atoms with van der Waals surface area (Å²) in [4.78, 5) is 15.2. The van der Waals surface area contributed by atoms with Gasteiger partial charge in [-0.2, -0.15) is 0 Å². The second-order valence-electron chi connectivity index (χ2n) is 4.47. The lowest BCUT2D eigenvalue weighted by molar-refractivity contribution is -0.132. The van der Waals surface area contributed by atoms with Crippen molar-refractivity contribution in [2.75, 3.05) is 13.1 Å². The van der Waals surface area contributed by atoms with Crippen molar-refractivity contribution in [3.05, 3.63) is 20.8 Å². The molecule has 4 heteroatoms. The molecule has 1 aliphatic rings. The number of likely N-dealkylation sites (tertiary alicyclic amines) is 1. The Labute approximate surface area is 109 Å². The molecular formula is C12H16BrNOS. The highest BCUT2D eigenvalue weighted by molar-refractivity contribution is 9.11. The van der Waals surface area contributed by atoms with Crippen molar-refractivity contribution >= 4 is 33.2 Å². The lowest BCUT2D eigenvalue weighted by atomic mass is 10.00. The van der Waals surface area contributed by atoms with Crippen molar-refractivity contribution in [2.24, 2.45) is 5.92 Å². The largest absolute Gasteiger partial charge is 0.342 e. The van der Waals surface area contributed by atoms with E-state index in [1.54, 1.807) is 11.3 Å². The van der Waals surface area contributed by atoms with Gasteiger partial charge < -0.3 is 4.90 Å². The van der Waals surface area contributed by atoms with Crippen LogP contribution < -0.4 is 0 Å². The van der Waals surface area contributed by atoms with Gasteiger partial charge in [0.1, 0.15) is 0 Å². The van der Waals surface area contributed by atoms with Gasteiger partial charge in [-0.15, -0.1) is 11.3 Å². The van der Waals surface area contributed by atoms with E-state index in [2.05, 4.69) is 22.9 Å². The van der Waals surface area contributed by atoms with E-state index in [0.29, 0.717) is 12.3 Å². The minimum Gasteiger partial charge on any atom is -0.342 e. The van der Waals surface area contributed by atoms with E-state index < -0.39 is 0 Å². The Hall–Kier alpha value is -0.350. The molecular weight excluding hydrogens is 286 g/mol. The summed E-state index contributed by atoms with van der Waals surface area (Å²) in [5.74, 6) is 0.939. The molecule has 1 aromatic rings. The van der Waals surface area contributed by atoms with Crippen molar-refractivity contribution in [1.82, 2.24) is 4.90 Å². The third kappa shape index (κ3) is 3.08. The maximum atomic E-state index is 12.0. The number of hydrogen-bond acceptors (Lipinski definition) is 2. The van der Waals surface area contributed by atoms with Crippen LogP contribution >= 0.6 is 27.3 Å². The quantitative estimate of drug-likeness (QED) is 0.821. The summed E-state index contributed by atoms with van der Waals surface area (Å²) in [5.41, 5.74) is 0. The summed E-state index contributed by atoms with van der Waals surface area (Å²) < 4.78 is 1.10. The van der Waals surface area contributed by atoms with Gasteiger partial charge in [0, 0.05) is 18.0 Å². The zero-order valence-corrected chi connectivity index (χ0v) is 11.8. The fraction of sp³-hybridized carbons (Fsp3) is 0.583. The van der Waals surface area contributed by atoms with Gasteiger partial charge in [-0.05, 0) is 46.8 Å². The summed E-state index contributed by atoms with van der Waals surface area (Å²) in [6.07, 6.45) is 2.97. The van der Waals surface area contributed by atoms with Gasteiger partial charge in [-0.3, -0.25) is 4.79 Å². The number of carbonyl (C=O) groups is 1. The highest BCUT2D eigenvalue weighted by atomic mass is 79.9. The van der Waals surface area contributed by atoms with Crippen LogP contribution in [0.2, 0.25) is 0 Å². The molecule has 1 unspecified atom stereocenters. The molecule has 1 amide bonds. The average molecular weight is 302 g/mol. The third-order valence-corrected chi connectivity index (χ3v) is 4.59. The van der Waals surface area contributed by atoms with E-state index in [-0.39, 0.29) is 5.91 Å². The Kier molecular flexibility index (Phi) is 4.03. The van der Waals surface area contributed by atoms with Gasteiger partial charge >= 0.3 is 0 Å². The summed E-state index contributed by atoms with van der Waals surface area (Å²) in [6.45, 7) is 4.10. The van der Waals surface area contributed by atoms with Gasteiger partial charge in [-0.1, -0.05) is 6.92 Å². The van der Waals surface area contributed by atoms with Gasteiger partial charge in [0.25, 0.3) is 0 Å². The predicted octanol–water partition coefficient (Wildman–Crippen LogP) is 3.31. The normalized spacial score (nSPS) is 21.1. The number of thiophene rings is 1. The average Bonchev–Trinajstić information content (AvgIpc) is 2.64. The highest BCUT2D eigenvalue weighted by Crippen LogP contribution is 2.23. The molecule has 0 aliphatic carbocycles. The molecule has 0 bridgehead atoms. The summed E-state index contributed by atoms with van der Waals surface area (Å²) >= 11 is 5.07. The van der Waals surface area contributed by atoms with Crippen LogP contribution in [0.3, 0.4) is 0 Å². The zero-order valence-electron chi connectivity index (χ0n) is 9.41. The SMILES string of the molecule is CC1CCCN(C(=O)Cc2ccc(Br)s2)C1. The Balaban J connectivity index is 1.92. The molecule has 0 aromatic carbocycles. The topological polar surface area (TPSA) is 20.3 Å². The molecule has 2 heterocycles. The van der Waals surface area contributed by atoms with Crippen molar-refractivity contribution in [3.63, 3.8) is 0 Å². The minimum absolute atomic E-state index is 0.279. The van der Waals surface area contributed by atoms with Crippen LogP contribution in [-0.4, -0.2) is 23.9 Å². The fourth-order valence-electron chi connectivity index (χ4n) is 2.12. The monoisotopic (exact) mass is 301 g/mol. The first-order valence-electron chi connectivity index (χ1n) is 5.67. The Morgan fingerprint density at radius 2 is 2.44 bits per heavy atom. The van der Waals surface area contributed by atoms with Crippen molar-refractivity contribution in [2.45, 2.75) is 26.2 Å². The van der Waals surface area contributed by atoms with E-state index in [0.717, 1.165) is 28.2 Å². The fourth-order valence-corrected chi connectivity index (χ4v) is 3.60. The summed E-state index contributed by atoms with van der Waals surface area (Å²) in [7, 11) is 0. The molecule has 0 N–H and O–H groups in total. The number of rotatable bonds is 2. The molecule has 0 saturated carbocycles. The number of amides is 1. The number of halogens is 1. The van der Waals surface area contributed by atoms with Crippen LogP contribution in [0.1, 0.15) is 24.6 Å². The number of nitrogens with zero attached hydrogens (tertiary/aromatic N) is 1. The van der Waals surface area contributed by atoms with Crippen LogP contribution in [0, 0.1) is 5.92 Å². The van der Waals surface area contributed by atoms with Crippen LogP contribution in [0.5, 0.6) is 0 Å². The van der Waals surface area contributed by atoms with Crippen molar-refractivity contribution in [3.8, 4) is 0 Å². The van der Waals surface area contributed by atoms with Crippen LogP contribution in [0.4, 0.5) is 0 Å². The molecule has 16 heavy (non-hydrogen) atoms. The number of carbonyl (C=O) groups excluding carboxylic acids is 1. The standard InChI is InChI=1S/C12H16BrNOS/c1-9-3-2-6-14(8-9)12(15)7-10-4-5-11(13)16-10/h4-5,9H,2-3,6-8H2,1H3. The summed E-state index contributed by atoms with van der Waals surface area (Å²) in [5, 5.41) is 0. The van der Waals surface area contributed by atoms with Crippen LogP contribution in [0.25, 0.3) is 0 Å². The first kappa shape index (κ1) is 12.1. The third-order valence-electron chi connectivity index (χ3n) is 2.96. The second kappa shape index (κ2) is 5.32. The molecule has 1 fully saturated rings. The predicted molar refractivity (Wildman–Crippen MR) is 70.7 cm³/mol. The first-order valence-corrected chi connectivity index (χ1v) is 7.28. The van der Waals surface area contributed by atoms with Crippen molar-refractivity contribution < 1.29 is 4.79 Å². The molecule has 1 aromatic heterocycles. The Morgan fingerprint density at radius 3 is 3.06 bits per heavy atom. The van der Waals surface area contributed by atoms with Gasteiger partial charge in [0.2, 0.25) is 5.91 Å². The molecule has 1 atom stereocenters. The number of hydrogen-bond donors (Lipinski definition) is 0. The molecule has 2 rings (SSSR count). The van der Waals surface area contributed by atoms with Crippen LogP contribution in [-0.2, 0) is 11.2 Å². The lowest BCUT2D eigenvalue weighted by Crippen LogP contribution is -2.39. The smallest absolute Gasteiger partial charge is 0.227 e. The second-order valence-corrected chi connectivity index (χ2v) is 7.02. The van der Waals surface area contributed by atoms with E-state index in [9.17, 15) is 4.79 Å². The molecule has 88 valence electrons. The van der Waals surface area contributed by atoms with E-state index in [1.807, 2.05) is 17.0 Å². The number of piperidine rings is 1. The lowest BCUT2D eigenvalue weighted by Gasteiger charge is -2.30. The molecule has 1 aliphatic heterocycles. The maximum absolute atomic E-state index is 12.0. The zero-order chi connectivity index (χ0) is 11.5. The molecule has 0 spiro atoms. The van der Waals surface area contributed by atoms with E-state index in [1.165, 1.54) is 6.42 Å². The molecule has 2 nitrogen and oxygen atoms in total. The molecule has 0 radical (unpaired) electrons. The van der Waals surface area contributed by atoms with Crippen LogP contribution in [0.15, 0.2) is 15.9 Å². The maximum Gasteiger partial charge on any atom is 0.227 e. The first-order chi connectivity index (χ1) is 7.65. The van der Waals surface area contributed by atoms with Gasteiger partial charge in [-0.25, -0.2) is 0 Å². The Bertz CT molecular complexity index is 377. The minimum atomic E-state index is 0.279.